The summed E-state index contributed by atoms with van der Waals surface area (Å²) in [7, 11) is 1.63. The lowest BCUT2D eigenvalue weighted by atomic mass is 10.1. The van der Waals surface area contributed by atoms with E-state index in [2.05, 4.69) is 0 Å². The summed E-state index contributed by atoms with van der Waals surface area (Å²) in [5.41, 5.74) is 7.55. The Balaban J connectivity index is 1.82. The van der Waals surface area contributed by atoms with Gasteiger partial charge in [0.25, 0.3) is 0 Å². The second-order valence-corrected chi connectivity index (χ2v) is 6.15. The van der Waals surface area contributed by atoms with Gasteiger partial charge in [0, 0.05) is 18.6 Å². The summed E-state index contributed by atoms with van der Waals surface area (Å²) >= 11 is 6.09. The highest BCUT2D eigenvalue weighted by Crippen LogP contribution is 2.17. The Morgan fingerprint density at radius 3 is 2.44 bits per heavy atom. The number of esters is 1. The Kier molecular flexibility index (Phi) is 6.98. The summed E-state index contributed by atoms with van der Waals surface area (Å²) in [6.45, 7) is 0.487. The van der Waals surface area contributed by atoms with E-state index < -0.39 is 12.0 Å². The molecule has 2 N–H and O–H groups in total. The first kappa shape index (κ1) is 19.0. The maximum atomic E-state index is 12.3. The molecule has 0 saturated carbocycles. The SMILES string of the molecule is CN(Cc1ccccc1Cl)C(=O)[C@@H](N)CC(=O)OCc1ccccc1. The highest BCUT2D eigenvalue weighted by Gasteiger charge is 2.22. The number of benzene rings is 2. The van der Waals surface area contributed by atoms with Gasteiger partial charge in [0.2, 0.25) is 5.91 Å². The summed E-state index contributed by atoms with van der Waals surface area (Å²) in [5.74, 6) is -0.840. The average molecular weight is 361 g/mol. The Morgan fingerprint density at radius 2 is 1.76 bits per heavy atom. The topological polar surface area (TPSA) is 72.6 Å². The van der Waals surface area contributed by atoms with Crippen LogP contribution in [0.2, 0.25) is 5.02 Å². The summed E-state index contributed by atoms with van der Waals surface area (Å²) in [6.07, 6.45) is -0.168. The summed E-state index contributed by atoms with van der Waals surface area (Å²) in [5, 5.41) is 0.581. The number of hydrogen-bond acceptors (Lipinski definition) is 4. The molecule has 0 heterocycles. The molecule has 0 spiro atoms. The Labute approximate surface area is 152 Å². The molecule has 0 unspecified atom stereocenters. The third-order valence-corrected chi connectivity index (χ3v) is 4.06. The monoisotopic (exact) mass is 360 g/mol. The van der Waals surface area contributed by atoms with Crippen LogP contribution in [0.25, 0.3) is 0 Å². The van der Waals surface area contributed by atoms with Gasteiger partial charge in [-0.2, -0.15) is 0 Å². The molecule has 0 aliphatic rings. The lowest BCUT2D eigenvalue weighted by Gasteiger charge is -2.21. The van der Waals surface area contributed by atoms with E-state index in [-0.39, 0.29) is 18.9 Å². The standard InChI is InChI=1S/C19H21ClN2O3/c1-22(12-15-9-5-6-10-16(15)20)19(24)17(21)11-18(23)25-13-14-7-3-2-4-8-14/h2-10,17H,11-13,21H2,1H3/t17-/m0/s1. The molecule has 0 aliphatic carbocycles. The highest BCUT2D eigenvalue weighted by molar-refractivity contribution is 6.31. The van der Waals surface area contributed by atoms with Crippen molar-refractivity contribution in [3.05, 3.63) is 70.7 Å². The number of ether oxygens (including phenoxy) is 1. The van der Waals surface area contributed by atoms with Gasteiger partial charge < -0.3 is 15.4 Å². The molecule has 0 aliphatic heterocycles. The number of halogens is 1. The number of likely N-dealkylation sites (N-methyl/N-ethyl adjacent to an activating group) is 1. The quantitative estimate of drug-likeness (QED) is 0.770. The van der Waals surface area contributed by atoms with Gasteiger partial charge in [-0.15, -0.1) is 0 Å². The van der Waals surface area contributed by atoms with Crippen LogP contribution in [0.15, 0.2) is 54.6 Å². The molecule has 1 amide bonds. The molecule has 6 heteroatoms. The maximum absolute atomic E-state index is 12.3. The average Bonchev–Trinajstić information content (AvgIpc) is 2.62. The van der Waals surface area contributed by atoms with Crippen molar-refractivity contribution in [1.29, 1.82) is 0 Å². The molecule has 2 rings (SSSR count). The number of hydrogen-bond donors (Lipinski definition) is 1. The van der Waals surface area contributed by atoms with Crippen LogP contribution in [-0.4, -0.2) is 29.9 Å². The fraction of sp³-hybridized carbons (Fsp3) is 0.263. The van der Waals surface area contributed by atoms with E-state index in [9.17, 15) is 9.59 Å². The van der Waals surface area contributed by atoms with Gasteiger partial charge in [0.1, 0.15) is 6.61 Å². The predicted molar refractivity (Wildman–Crippen MR) is 96.8 cm³/mol. The van der Waals surface area contributed by atoms with Gasteiger partial charge in [-0.1, -0.05) is 60.1 Å². The number of amides is 1. The van der Waals surface area contributed by atoms with Crippen LogP contribution in [0, 0.1) is 0 Å². The maximum Gasteiger partial charge on any atom is 0.308 e. The van der Waals surface area contributed by atoms with Crippen LogP contribution in [0.3, 0.4) is 0 Å². The molecule has 0 aromatic heterocycles. The Bertz CT molecular complexity index is 722. The summed E-state index contributed by atoms with van der Waals surface area (Å²) in [4.78, 5) is 25.6. The number of nitrogens with two attached hydrogens (primary N) is 1. The van der Waals surface area contributed by atoms with E-state index in [0.717, 1.165) is 11.1 Å². The van der Waals surface area contributed by atoms with Crippen molar-refractivity contribution in [1.82, 2.24) is 4.90 Å². The van der Waals surface area contributed by atoms with Gasteiger partial charge in [0.15, 0.2) is 0 Å². The molecular formula is C19H21ClN2O3. The molecule has 2 aromatic rings. The first-order valence-corrected chi connectivity index (χ1v) is 8.28. The van der Waals surface area contributed by atoms with E-state index in [1.165, 1.54) is 4.90 Å². The van der Waals surface area contributed by atoms with Crippen LogP contribution in [0.1, 0.15) is 17.5 Å². The second-order valence-electron chi connectivity index (χ2n) is 5.74. The lowest BCUT2D eigenvalue weighted by molar-refractivity contribution is -0.148. The van der Waals surface area contributed by atoms with Gasteiger partial charge >= 0.3 is 5.97 Å². The zero-order valence-corrected chi connectivity index (χ0v) is 14.8. The van der Waals surface area contributed by atoms with Gasteiger partial charge in [-0.25, -0.2) is 0 Å². The minimum atomic E-state index is -0.948. The van der Waals surface area contributed by atoms with Crippen molar-refractivity contribution in [3.63, 3.8) is 0 Å². The summed E-state index contributed by atoms with van der Waals surface area (Å²) in [6, 6.07) is 15.6. The molecule has 1 atom stereocenters. The molecule has 0 bridgehead atoms. The van der Waals surface area contributed by atoms with Crippen molar-refractivity contribution in [2.45, 2.75) is 25.6 Å². The van der Waals surface area contributed by atoms with Gasteiger partial charge in [-0.3, -0.25) is 9.59 Å². The van der Waals surface area contributed by atoms with E-state index in [1.807, 2.05) is 48.5 Å². The molecule has 5 nitrogen and oxygen atoms in total. The molecule has 0 saturated heterocycles. The van der Waals surface area contributed by atoms with Crippen LogP contribution in [-0.2, 0) is 27.5 Å². The van der Waals surface area contributed by atoms with E-state index in [0.29, 0.717) is 11.6 Å². The molecule has 25 heavy (non-hydrogen) atoms. The van der Waals surface area contributed by atoms with Crippen LogP contribution < -0.4 is 5.73 Å². The van der Waals surface area contributed by atoms with Crippen LogP contribution in [0.4, 0.5) is 0 Å². The van der Waals surface area contributed by atoms with Crippen molar-refractivity contribution in [2.75, 3.05) is 7.05 Å². The Hall–Kier alpha value is -2.37. The zero-order valence-electron chi connectivity index (χ0n) is 14.0. The second kappa shape index (κ2) is 9.20. The number of rotatable bonds is 7. The van der Waals surface area contributed by atoms with E-state index in [1.54, 1.807) is 13.1 Å². The van der Waals surface area contributed by atoms with E-state index >= 15 is 0 Å². The van der Waals surface area contributed by atoms with E-state index in [4.69, 9.17) is 22.1 Å². The number of nitrogens with zero attached hydrogens (tertiary/aromatic N) is 1. The molecule has 0 fully saturated rings. The predicted octanol–water partition coefficient (Wildman–Crippen LogP) is 2.76. The highest BCUT2D eigenvalue weighted by atomic mass is 35.5. The van der Waals surface area contributed by atoms with Gasteiger partial charge in [0.05, 0.1) is 12.5 Å². The minimum absolute atomic E-state index is 0.163. The first-order valence-electron chi connectivity index (χ1n) is 7.91. The van der Waals surface area contributed by atoms with Gasteiger partial charge in [-0.05, 0) is 17.2 Å². The fourth-order valence-corrected chi connectivity index (χ4v) is 2.50. The van der Waals surface area contributed by atoms with Crippen LogP contribution in [0.5, 0.6) is 0 Å². The zero-order chi connectivity index (χ0) is 18.2. The molecular weight excluding hydrogens is 340 g/mol. The number of carbonyl (C=O) groups is 2. The van der Waals surface area contributed by atoms with Crippen molar-refractivity contribution in [3.8, 4) is 0 Å². The number of carbonyl (C=O) groups excluding carboxylic acids is 2. The van der Waals surface area contributed by atoms with Crippen LogP contribution >= 0.6 is 11.6 Å². The smallest absolute Gasteiger partial charge is 0.308 e. The summed E-state index contributed by atoms with van der Waals surface area (Å²) < 4.78 is 5.16. The Morgan fingerprint density at radius 1 is 1.12 bits per heavy atom. The van der Waals surface area contributed by atoms with Crippen molar-refractivity contribution >= 4 is 23.5 Å². The molecule has 0 radical (unpaired) electrons. The largest absolute Gasteiger partial charge is 0.461 e. The third kappa shape index (κ3) is 5.89. The fourth-order valence-electron chi connectivity index (χ4n) is 2.31. The molecule has 132 valence electrons. The van der Waals surface area contributed by atoms with Crippen molar-refractivity contribution in [2.24, 2.45) is 5.73 Å². The first-order chi connectivity index (χ1) is 12.0. The normalized spacial score (nSPS) is 11.6. The molecule has 2 aromatic carbocycles. The van der Waals surface area contributed by atoms with Crippen molar-refractivity contribution < 1.29 is 14.3 Å². The third-order valence-electron chi connectivity index (χ3n) is 3.69. The minimum Gasteiger partial charge on any atom is -0.461 e. The lowest BCUT2D eigenvalue weighted by Crippen LogP contribution is -2.42.